The van der Waals surface area contributed by atoms with Crippen LogP contribution in [0.25, 0.3) is 5.76 Å². The third-order valence-electron chi connectivity index (χ3n) is 6.22. The minimum atomic E-state index is -1.01. The molecule has 1 atom stereocenters. The summed E-state index contributed by atoms with van der Waals surface area (Å²) in [5, 5.41) is 11.4. The fraction of sp³-hybridized carbons (Fsp3) is 0.241. The van der Waals surface area contributed by atoms with Crippen molar-refractivity contribution in [2.45, 2.75) is 39.2 Å². The number of benzene rings is 3. The molecule has 1 aliphatic rings. The highest BCUT2D eigenvalue weighted by Crippen LogP contribution is 2.44. The van der Waals surface area contributed by atoms with E-state index in [-0.39, 0.29) is 32.3 Å². The summed E-state index contributed by atoms with van der Waals surface area (Å²) in [6.45, 7) is 8.42. The van der Waals surface area contributed by atoms with Crippen LogP contribution in [0.15, 0.2) is 66.2 Å². The summed E-state index contributed by atoms with van der Waals surface area (Å²) in [5.41, 5.74) is 1.71. The van der Waals surface area contributed by atoms with E-state index in [1.165, 1.54) is 23.1 Å². The summed E-state index contributed by atoms with van der Waals surface area (Å²) < 4.78 is 19.5. The second-order valence-corrected chi connectivity index (χ2v) is 10.5. The van der Waals surface area contributed by atoms with Gasteiger partial charge in [0.2, 0.25) is 0 Å². The number of rotatable bonds is 5. The van der Waals surface area contributed by atoms with E-state index in [1.807, 2.05) is 19.1 Å². The Labute approximate surface area is 225 Å². The van der Waals surface area contributed by atoms with Crippen molar-refractivity contribution in [1.29, 1.82) is 0 Å². The van der Waals surface area contributed by atoms with Gasteiger partial charge in [0.05, 0.1) is 28.3 Å². The number of nitrogens with zero attached hydrogens (tertiary/aromatic N) is 1. The van der Waals surface area contributed by atoms with Crippen LogP contribution in [0.4, 0.5) is 10.1 Å². The van der Waals surface area contributed by atoms with Crippen LogP contribution in [0.1, 0.15) is 50.4 Å². The van der Waals surface area contributed by atoms with Crippen LogP contribution < -0.4 is 9.64 Å². The molecule has 0 aromatic heterocycles. The summed E-state index contributed by atoms with van der Waals surface area (Å²) in [6.07, 6.45) is 0. The molecule has 192 valence electrons. The van der Waals surface area contributed by atoms with E-state index in [2.05, 4.69) is 20.8 Å². The maximum atomic E-state index is 13.9. The molecule has 1 N–H and O–H groups in total. The Kier molecular flexibility index (Phi) is 7.36. The molecule has 3 aromatic rings. The van der Waals surface area contributed by atoms with Gasteiger partial charge in [-0.15, -0.1) is 0 Å². The van der Waals surface area contributed by atoms with E-state index in [0.29, 0.717) is 17.9 Å². The van der Waals surface area contributed by atoms with Gasteiger partial charge in [-0.2, -0.15) is 0 Å². The summed E-state index contributed by atoms with van der Waals surface area (Å²) >= 11 is 12.4. The third-order valence-corrected chi connectivity index (χ3v) is 6.84. The quantitative estimate of drug-likeness (QED) is 0.207. The topological polar surface area (TPSA) is 66.8 Å². The Bertz CT molecular complexity index is 1410. The maximum Gasteiger partial charge on any atom is 0.300 e. The van der Waals surface area contributed by atoms with Crippen LogP contribution in [-0.4, -0.2) is 23.4 Å². The number of Topliss-reactive ketones (excluding diaryl/α,β-unsaturated/α-hetero) is 1. The zero-order valence-corrected chi connectivity index (χ0v) is 22.3. The number of carbonyl (C=O) groups is 2. The van der Waals surface area contributed by atoms with Gasteiger partial charge in [-0.3, -0.25) is 14.5 Å². The lowest BCUT2D eigenvalue weighted by molar-refractivity contribution is -0.132. The Morgan fingerprint density at radius 3 is 2.27 bits per heavy atom. The molecule has 1 saturated heterocycles. The molecule has 0 aliphatic carbocycles. The summed E-state index contributed by atoms with van der Waals surface area (Å²) in [7, 11) is 0. The standard InChI is InChI=1S/C29H26Cl2FNO4/c1-5-37-19-11-12-21(30)20(15-19)26(34)24-25(16-6-8-17(9-7-16)29(2,3)4)33(28(36)27(24)35)18-10-13-23(32)22(31)14-18/h6-15,25,34H,5H2,1-4H3/b26-24+. The first-order valence-electron chi connectivity index (χ1n) is 11.7. The second-order valence-electron chi connectivity index (χ2n) is 9.71. The molecule has 4 rings (SSSR count). The molecule has 1 fully saturated rings. The fourth-order valence-corrected chi connectivity index (χ4v) is 4.68. The van der Waals surface area contributed by atoms with E-state index in [4.69, 9.17) is 27.9 Å². The highest BCUT2D eigenvalue weighted by molar-refractivity contribution is 6.52. The number of amides is 1. The van der Waals surface area contributed by atoms with Crippen molar-refractivity contribution >= 4 is 46.3 Å². The number of ketones is 1. The first-order valence-corrected chi connectivity index (χ1v) is 12.5. The van der Waals surface area contributed by atoms with Gasteiger partial charge >= 0.3 is 0 Å². The molecule has 0 radical (unpaired) electrons. The molecule has 0 bridgehead atoms. The Morgan fingerprint density at radius 2 is 1.68 bits per heavy atom. The number of hydrogen-bond acceptors (Lipinski definition) is 4. The number of aliphatic hydroxyl groups excluding tert-OH is 1. The fourth-order valence-electron chi connectivity index (χ4n) is 4.30. The highest BCUT2D eigenvalue weighted by Gasteiger charge is 2.47. The molecular weight excluding hydrogens is 516 g/mol. The van der Waals surface area contributed by atoms with Gasteiger partial charge < -0.3 is 9.84 Å². The molecule has 37 heavy (non-hydrogen) atoms. The van der Waals surface area contributed by atoms with Crippen LogP contribution >= 0.6 is 23.2 Å². The van der Waals surface area contributed by atoms with Crippen molar-refractivity contribution in [1.82, 2.24) is 0 Å². The maximum absolute atomic E-state index is 13.9. The van der Waals surface area contributed by atoms with Crippen molar-refractivity contribution in [3.63, 3.8) is 0 Å². The number of hydrogen-bond donors (Lipinski definition) is 1. The molecule has 0 saturated carbocycles. The summed E-state index contributed by atoms with van der Waals surface area (Å²) in [5.74, 6) is -2.44. The molecule has 0 spiro atoms. The van der Waals surface area contributed by atoms with Crippen LogP contribution in [-0.2, 0) is 15.0 Å². The SMILES string of the molecule is CCOc1ccc(Cl)c(/C(O)=C2\C(=O)C(=O)N(c3ccc(F)c(Cl)c3)C2c2ccc(C(C)(C)C)cc2)c1. The van der Waals surface area contributed by atoms with Gasteiger partial charge in [-0.1, -0.05) is 68.2 Å². The van der Waals surface area contributed by atoms with Gasteiger partial charge in [0.1, 0.15) is 17.3 Å². The van der Waals surface area contributed by atoms with Gasteiger partial charge in [-0.05, 0) is 59.9 Å². The van der Waals surface area contributed by atoms with Gasteiger partial charge in [0.25, 0.3) is 11.7 Å². The average Bonchev–Trinajstić information content (AvgIpc) is 3.11. The Balaban J connectivity index is 1.96. The second kappa shape index (κ2) is 10.2. The van der Waals surface area contributed by atoms with Crippen LogP contribution in [0.5, 0.6) is 5.75 Å². The molecule has 5 nitrogen and oxygen atoms in total. The number of halogens is 3. The summed E-state index contributed by atoms with van der Waals surface area (Å²) in [6, 6.07) is 14.9. The van der Waals surface area contributed by atoms with Crippen molar-refractivity contribution in [2.75, 3.05) is 11.5 Å². The lowest BCUT2D eigenvalue weighted by Crippen LogP contribution is -2.29. The minimum absolute atomic E-state index is 0.127. The van der Waals surface area contributed by atoms with E-state index in [9.17, 15) is 19.1 Å². The van der Waals surface area contributed by atoms with Crippen LogP contribution in [0, 0.1) is 5.82 Å². The monoisotopic (exact) mass is 541 g/mol. The number of aliphatic hydroxyl groups is 1. The molecule has 1 unspecified atom stereocenters. The zero-order chi connectivity index (χ0) is 27.1. The molecule has 1 amide bonds. The highest BCUT2D eigenvalue weighted by atomic mass is 35.5. The number of ether oxygens (including phenoxy) is 1. The molecular formula is C29H26Cl2FNO4. The van der Waals surface area contributed by atoms with E-state index < -0.39 is 29.3 Å². The Morgan fingerprint density at radius 1 is 1.00 bits per heavy atom. The molecule has 1 aliphatic heterocycles. The zero-order valence-electron chi connectivity index (χ0n) is 20.8. The Hall–Kier alpha value is -3.35. The first-order chi connectivity index (χ1) is 17.4. The van der Waals surface area contributed by atoms with Gasteiger partial charge in [0.15, 0.2) is 0 Å². The first kappa shape index (κ1) is 26.7. The largest absolute Gasteiger partial charge is 0.507 e. The lowest BCUT2D eigenvalue weighted by atomic mass is 9.85. The van der Waals surface area contributed by atoms with E-state index >= 15 is 0 Å². The minimum Gasteiger partial charge on any atom is -0.507 e. The third kappa shape index (κ3) is 5.09. The molecule has 8 heteroatoms. The predicted octanol–water partition coefficient (Wildman–Crippen LogP) is 7.46. The van der Waals surface area contributed by atoms with Crippen LogP contribution in [0.3, 0.4) is 0 Å². The van der Waals surface area contributed by atoms with Gasteiger partial charge in [-0.25, -0.2) is 4.39 Å². The van der Waals surface area contributed by atoms with Crippen molar-refractivity contribution in [3.05, 3.63) is 98.8 Å². The van der Waals surface area contributed by atoms with Gasteiger partial charge in [0, 0.05) is 11.3 Å². The lowest BCUT2D eigenvalue weighted by Gasteiger charge is -2.27. The molecule has 1 heterocycles. The number of carbonyl (C=O) groups excluding carboxylic acids is 2. The summed E-state index contributed by atoms with van der Waals surface area (Å²) in [4.78, 5) is 28.0. The molecule has 3 aromatic carbocycles. The average molecular weight is 542 g/mol. The van der Waals surface area contributed by atoms with E-state index in [0.717, 1.165) is 11.6 Å². The normalized spacial score (nSPS) is 17.4. The van der Waals surface area contributed by atoms with E-state index in [1.54, 1.807) is 24.3 Å². The smallest absolute Gasteiger partial charge is 0.300 e. The predicted molar refractivity (Wildman–Crippen MR) is 144 cm³/mol. The van der Waals surface area contributed by atoms with Crippen molar-refractivity contribution < 1.29 is 23.8 Å². The van der Waals surface area contributed by atoms with Crippen LogP contribution in [0.2, 0.25) is 10.0 Å². The number of anilines is 1. The van der Waals surface area contributed by atoms with Crippen molar-refractivity contribution in [3.8, 4) is 5.75 Å². The van der Waals surface area contributed by atoms with Crippen molar-refractivity contribution in [2.24, 2.45) is 0 Å².